The molecule has 1 amide bonds. The standard InChI is InChI=1S/C14H17N5OS/c15-10-2-1-5-19(8-10)13(20)6-11-9-21-14(18-11)12-7-16-3-4-17-12/h3-4,7,9-10H,1-2,5-6,8,15H2/t10-/m0/s1. The van der Waals surface area contributed by atoms with Gasteiger partial charge in [-0.2, -0.15) is 0 Å². The van der Waals surface area contributed by atoms with Crippen molar-refractivity contribution in [2.75, 3.05) is 13.1 Å². The van der Waals surface area contributed by atoms with Crippen LogP contribution in [0.5, 0.6) is 0 Å². The van der Waals surface area contributed by atoms with E-state index in [1.54, 1.807) is 18.6 Å². The first-order valence-electron chi connectivity index (χ1n) is 6.96. The minimum absolute atomic E-state index is 0.0983. The zero-order chi connectivity index (χ0) is 14.7. The number of hydrogen-bond acceptors (Lipinski definition) is 6. The summed E-state index contributed by atoms with van der Waals surface area (Å²) in [5.74, 6) is 0.0983. The smallest absolute Gasteiger partial charge is 0.228 e. The van der Waals surface area contributed by atoms with Gasteiger partial charge in [-0.05, 0) is 12.8 Å². The van der Waals surface area contributed by atoms with Gasteiger partial charge in [-0.1, -0.05) is 0 Å². The molecule has 0 spiro atoms. The topological polar surface area (TPSA) is 85.0 Å². The number of nitrogens with zero attached hydrogens (tertiary/aromatic N) is 4. The Labute approximate surface area is 127 Å². The van der Waals surface area contributed by atoms with Crippen LogP contribution >= 0.6 is 11.3 Å². The summed E-state index contributed by atoms with van der Waals surface area (Å²) < 4.78 is 0. The number of hydrogen-bond donors (Lipinski definition) is 1. The first-order chi connectivity index (χ1) is 10.2. The first-order valence-corrected chi connectivity index (χ1v) is 7.84. The zero-order valence-corrected chi connectivity index (χ0v) is 12.4. The fourth-order valence-electron chi connectivity index (χ4n) is 2.42. The summed E-state index contributed by atoms with van der Waals surface area (Å²) in [6.07, 6.45) is 7.24. The maximum Gasteiger partial charge on any atom is 0.228 e. The number of amides is 1. The fraction of sp³-hybridized carbons (Fsp3) is 0.429. The molecule has 0 saturated carbocycles. The predicted molar refractivity (Wildman–Crippen MR) is 80.6 cm³/mol. The molecule has 2 N–H and O–H groups in total. The SMILES string of the molecule is N[C@H]1CCCN(C(=O)Cc2csc(-c3cnccn3)n2)C1. The molecule has 0 radical (unpaired) electrons. The molecule has 0 unspecified atom stereocenters. The van der Waals surface area contributed by atoms with Crippen LogP contribution in [0.2, 0.25) is 0 Å². The second-order valence-electron chi connectivity index (χ2n) is 5.15. The van der Waals surface area contributed by atoms with Gasteiger partial charge in [0.25, 0.3) is 0 Å². The molecule has 1 aliphatic rings. The van der Waals surface area contributed by atoms with Crippen LogP contribution in [0.4, 0.5) is 0 Å². The van der Waals surface area contributed by atoms with Crippen LogP contribution in [0.1, 0.15) is 18.5 Å². The van der Waals surface area contributed by atoms with Crippen molar-refractivity contribution < 1.29 is 4.79 Å². The molecule has 2 aromatic heterocycles. The van der Waals surface area contributed by atoms with E-state index in [-0.39, 0.29) is 11.9 Å². The highest BCUT2D eigenvalue weighted by Crippen LogP contribution is 2.21. The number of likely N-dealkylation sites (tertiary alicyclic amines) is 1. The van der Waals surface area contributed by atoms with E-state index in [2.05, 4.69) is 15.0 Å². The molecule has 110 valence electrons. The molecule has 3 heterocycles. The molecule has 1 aliphatic heterocycles. The van der Waals surface area contributed by atoms with Gasteiger partial charge >= 0.3 is 0 Å². The van der Waals surface area contributed by atoms with Gasteiger partial charge in [-0.15, -0.1) is 11.3 Å². The largest absolute Gasteiger partial charge is 0.341 e. The Hall–Kier alpha value is -1.86. The van der Waals surface area contributed by atoms with Gasteiger partial charge in [0, 0.05) is 36.9 Å². The second kappa shape index (κ2) is 6.28. The van der Waals surface area contributed by atoms with Crippen molar-refractivity contribution >= 4 is 17.2 Å². The number of thiazole rings is 1. The summed E-state index contributed by atoms with van der Waals surface area (Å²) in [6.45, 7) is 1.45. The van der Waals surface area contributed by atoms with E-state index < -0.39 is 0 Å². The van der Waals surface area contributed by atoms with Crippen LogP contribution in [-0.4, -0.2) is 44.9 Å². The summed E-state index contributed by atoms with van der Waals surface area (Å²) >= 11 is 1.48. The Balaban J connectivity index is 1.66. The van der Waals surface area contributed by atoms with Gasteiger partial charge in [0.15, 0.2) is 0 Å². The van der Waals surface area contributed by atoms with Crippen LogP contribution in [0.15, 0.2) is 24.0 Å². The van der Waals surface area contributed by atoms with Crippen molar-refractivity contribution in [3.8, 4) is 10.7 Å². The van der Waals surface area contributed by atoms with Crippen LogP contribution in [0.3, 0.4) is 0 Å². The monoisotopic (exact) mass is 303 g/mol. The third-order valence-corrected chi connectivity index (χ3v) is 4.39. The van der Waals surface area contributed by atoms with E-state index in [4.69, 9.17) is 5.73 Å². The number of rotatable bonds is 3. The molecule has 21 heavy (non-hydrogen) atoms. The molecule has 3 rings (SSSR count). The highest BCUT2D eigenvalue weighted by Gasteiger charge is 2.22. The van der Waals surface area contributed by atoms with E-state index in [1.165, 1.54) is 11.3 Å². The lowest BCUT2D eigenvalue weighted by molar-refractivity contribution is -0.131. The van der Waals surface area contributed by atoms with Crippen LogP contribution in [0.25, 0.3) is 10.7 Å². The molecule has 6 nitrogen and oxygen atoms in total. The second-order valence-corrected chi connectivity index (χ2v) is 6.01. The zero-order valence-electron chi connectivity index (χ0n) is 11.6. The van der Waals surface area contributed by atoms with Gasteiger partial charge < -0.3 is 10.6 Å². The molecule has 0 aliphatic carbocycles. The molecular weight excluding hydrogens is 286 g/mol. The van der Waals surface area contributed by atoms with Gasteiger partial charge in [0.2, 0.25) is 5.91 Å². The number of piperidine rings is 1. The van der Waals surface area contributed by atoms with Crippen LogP contribution < -0.4 is 5.73 Å². The average Bonchev–Trinajstić information content (AvgIpc) is 2.97. The van der Waals surface area contributed by atoms with Crippen molar-refractivity contribution in [1.29, 1.82) is 0 Å². The lowest BCUT2D eigenvalue weighted by atomic mass is 10.1. The highest BCUT2D eigenvalue weighted by atomic mass is 32.1. The summed E-state index contributed by atoms with van der Waals surface area (Å²) in [5, 5.41) is 2.70. The third kappa shape index (κ3) is 3.43. The minimum Gasteiger partial charge on any atom is -0.341 e. The van der Waals surface area contributed by atoms with Crippen molar-refractivity contribution in [2.45, 2.75) is 25.3 Å². The summed E-state index contributed by atoms with van der Waals surface area (Å²) in [6, 6.07) is 0.105. The Morgan fingerprint density at radius 3 is 3.14 bits per heavy atom. The maximum absolute atomic E-state index is 12.3. The third-order valence-electron chi connectivity index (χ3n) is 3.48. The molecule has 0 aromatic carbocycles. The molecular formula is C14H17N5OS. The average molecular weight is 303 g/mol. The summed E-state index contributed by atoms with van der Waals surface area (Å²) in [4.78, 5) is 26.8. The van der Waals surface area contributed by atoms with Crippen molar-refractivity contribution in [2.24, 2.45) is 5.73 Å². The Kier molecular flexibility index (Phi) is 4.21. The normalized spacial score (nSPS) is 18.7. The number of carbonyl (C=O) groups excluding carboxylic acids is 1. The minimum atomic E-state index is 0.0983. The molecule has 1 fully saturated rings. The number of aromatic nitrogens is 3. The molecule has 2 aromatic rings. The van der Waals surface area contributed by atoms with Gasteiger partial charge in [0.1, 0.15) is 10.7 Å². The molecule has 1 atom stereocenters. The molecule has 1 saturated heterocycles. The van der Waals surface area contributed by atoms with Crippen LogP contribution in [0, 0.1) is 0 Å². The quantitative estimate of drug-likeness (QED) is 0.917. The fourth-order valence-corrected chi connectivity index (χ4v) is 3.20. The van der Waals surface area contributed by atoms with E-state index in [0.29, 0.717) is 13.0 Å². The van der Waals surface area contributed by atoms with Crippen LogP contribution in [-0.2, 0) is 11.2 Å². The first kappa shape index (κ1) is 14.1. The van der Waals surface area contributed by atoms with Gasteiger partial charge in [-0.3, -0.25) is 14.8 Å². The predicted octanol–water partition coefficient (Wildman–Crippen LogP) is 1.09. The summed E-state index contributed by atoms with van der Waals surface area (Å²) in [7, 11) is 0. The van der Waals surface area contributed by atoms with Crippen molar-refractivity contribution in [1.82, 2.24) is 19.9 Å². The Bertz CT molecular complexity index is 615. The summed E-state index contributed by atoms with van der Waals surface area (Å²) in [5.41, 5.74) is 7.43. The van der Waals surface area contributed by atoms with Gasteiger partial charge in [0.05, 0.1) is 18.3 Å². The van der Waals surface area contributed by atoms with E-state index in [1.807, 2.05) is 10.3 Å². The van der Waals surface area contributed by atoms with Crippen molar-refractivity contribution in [3.05, 3.63) is 29.7 Å². The highest BCUT2D eigenvalue weighted by molar-refractivity contribution is 7.13. The van der Waals surface area contributed by atoms with E-state index in [0.717, 1.165) is 35.8 Å². The van der Waals surface area contributed by atoms with E-state index >= 15 is 0 Å². The number of nitrogens with two attached hydrogens (primary N) is 1. The van der Waals surface area contributed by atoms with E-state index in [9.17, 15) is 4.79 Å². The lowest BCUT2D eigenvalue weighted by Gasteiger charge is -2.30. The van der Waals surface area contributed by atoms with Crippen molar-refractivity contribution in [3.63, 3.8) is 0 Å². The maximum atomic E-state index is 12.3. The Morgan fingerprint density at radius 1 is 1.48 bits per heavy atom. The van der Waals surface area contributed by atoms with Gasteiger partial charge in [-0.25, -0.2) is 4.98 Å². The molecule has 0 bridgehead atoms. The Morgan fingerprint density at radius 2 is 2.38 bits per heavy atom. The molecule has 7 heteroatoms. The number of carbonyl (C=O) groups is 1. The lowest BCUT2D eigenvalue weighted by Crippen LogP contribution is -2.46.